The molecule has 4 rings (SSSR count). The number of aromatic nitrogens is 1. The van der Waals surface area contributed by atoms with Crippen molar-refractivity contribution in [3.05, 3.63) is 53.6 Å². The molecular weight excluding hydrogens is 546 g/mol. The smallest absolute Gasteiger partial charge is 0.251 e. The Morgan fingerprint density at radius 1 is 1.05 bits per heavy atom. The van der Waals surface area contributed by atoms with Gasteiger partial charge in [-0.15, -0.1) is 0 Å². The van der Waals surface area contributed by atoms with Crippen LogP contribution in [0.2, 0.25) is 0 Å². The average molecular weight is 580 g/mol. The number of rotatable bonds is 12. The molecule has 2 heterocycles. The number of amides is 1. The van der Waals surface area contributed by atoms with E-state index in [4.69, 9.17) is 15.5 Å². The van der Waals surface area contributed by atoms with Gasteiger partial charge in [0.2, 0.25) is 10.0 Å². The van der Waals surface area contributed by atoms with Gasteiger partial charge in [-0.25, -0.2) is 13.4 Å². The van der Waals surface area contributed by atoms with Crippen LogP contribution >= 0.6 is 11.3 Å². The zero-order valence-electron chi connectivity index (χ0n) is 22.5. The van der Waals surface area contributed by atoms with Crippen LogP contribution in [0.3, 0.4) is 0 Å². The van der Waals surface area contributed by atoms with E-state index in [1.54, 1.807) is 11.3 Å². The molecule has 1 aliphatic heterocycles. The van der Waals surface area contributed by atoms with Gasteiger partial charge < -0.3 is 10.2 Å². The molecule has 210 valence electrons. The van der Waals surface area contributed by atoms with E-state index in [1.165, 1.54) is 34.5 Å². The number of piperazine rings is 1. The highest BCUT2D eigenvalue weighted by atomic mass is 32.2. The predicted octanol–water partition coefficient (Wildman–Crippen LogP) is 3.23. The minimum atomic E-state index is -3.87. The van der Waals surface area contributed by atoms with Crippen molar-refractivity contribution in [3.63, 3.8) is 0 Å². The Bertz CT molecular complexity index is 1480. The van der Waals surface area contributed by atoms with Gasteiger partial charge in [0.15, 0.2) is 5.13 Å². The zero-order chi connectivity index (χ0) is 28.5. The maximum atomic E-state index is 13.0. The SMILES string of the molecule is CCc1ccc2nc(N3CCN(CCNC(=O)c4ccc(S(=O)(=O)N(CCC#N)CCC#N)cc4)CC3)sc2c1. The number of anilines is 1. The average Bonchev–Trinajstić information content (AvgIpc) is 3.41. The Morgan fingerprint density at radius 3 is 2.35 bits per heavy atom. The molecule has 0 aliphatic carbocycles. The molecule has 1 amide bonds. The van der Waals surface area contributed by atoms with Gasteiger partial charge in [0.05, 0.1) is 27.3 Å². The van der Waals surface area contributed by atoms with Crippen LogP contribution in [0.1, 0.15) is 35.7 Å². The minimum absolute atomic E-state index is 0.0113. The molecule has 1 saturated heterocycles. The summed E-state index contributed by atoms with van der Waals surface area (Å²) in [6.07, 6.45) is 1.07. The summed E-state index contributed by atoms with van der Waals surface area (Å²) in [6.45, 7) is 6.90. The van der Waals surface area contributed by atoms with Gasteiger partial charge in [-0.05, 0) is 48.4 Å². The molecule has 1 aromatic heterocycles. The van der Waals surface area contributed by atoms with E-state index in [1.807, 2.05) is 12.1 Å². The lowest BCUT2D eigenvalue weighted by atomic mass is 10.2. The van der Waals surface area contributed by atoms with Crippen LogP contribution in [-0.4, -0.2) is 80.9 Å². The van der Waals surface area contributed by atoms with Crippen molar-refractivity contribution < 1.29 is 13.2 Å². The fourth-order valence-corrected chi connectivity index (χ4v) is 7.06. The monoisotopic (exact) mass is 579 g/mol. The molecule has 0 unspecified atom stereocenters. The lowest BCUT2D eigenvalue weighted by Gasteiger charge is -2.34. The first kappa shape index (κ1) is 29.4. The number of nitrogens with zero attached hydrogens (tertiary/aromatic N) is 6. The Morgan fingerprint density at radius 2 is 1.73 bits per heavy atom. The second-order valence-electron chi connectivity index (χ2n) is 9.48. The molecule has 10 nitrogen and oxygen atoms in total. The van der Waals surface area contributed by atoms with Crippen molar-refractivity contribution in [2.24, 2.45) is 0 Å². The standard InChI is InChI=1S/C28H33N7O3S2/c1-2-22-5-10-25-26(21-22)39-28(32-25)34-19-17-33(18-20-34)16-13-31-27(36)23-6-8-24(9-7-23)40(37,38)35(14-3-11-29)15-4-12-30/h5-10,21H,2-4,13-20H2,1H3,(H,31,36). The van der Waals surface area contributed by atoms with E-state index >= 15 is 0 Å². The van der Waals surface area contributed by atoms with Gasteiger partial charge in [-0.2, -0.15) is 14.8 Å². The molecule has 0 bridgehead atoms. The quantitative estimate of drug-likeness (QED) is 0.346. The summed E-state index contributed by atoms with van der Waals surface area (Å²) >= 11 is 1.74. The number of nitriles is 2. The molecule has 1 N–H and O–H groups in total. The maximum Gasteiger partial charge on any atom is 0.251 e. The Kier molecular flexibility index (Phi) is 10.1. The van der Waals surface area contributed by atoms with Crippen LogP contribution < -0.4 is 10.2 Å². The molecule has 12 heteroatoms. The van der Waals surface area contributed by atoms with E-state index < -0.39 is 10.0 Å². The number of thiazole rings is 1. The lowest BCUT2D eigenvalue weighted by Crippen LogP contribution is -2.48. The largest absolute Gasteiger partial charge is 0.351 e. The van der Waals surface area contributed by atoms with Gasteiger partial charge in [-0.1, -0.05) is 24.3 Å². The van der Waals surface area contributed by atoms with Crippen molar-refractivity contribution in [2.75, 3.05) is 57.3 Å². The number of benzene rings is 2. The molecule has 1 fully saturated rings. The lowest BCUT2D eigenvalue weighted by molar-refractivity contribution is 0.0947. The van der Waals surface area contributed by atoms with Crippen molar-refractivity contribution in [1.82, 2.24) is 19.5 Å². The molecular formula is C28H33N7O3S2. The van der Waals surface area contributed by atoms with Crippen LogP contribution in [0.5, 0.6) is 0 Å². The highest BCUT2D eigenvalue weighted by Gasteiger charge is 2.24. The fraction of sp³-hybridized carbons (Fsp3) is 0.429. The minimum Gasteiger partial charge on any atom is -0.351 e. The summed E-state index contributed by atoms with van der Waals surface area (Å²) in [7, 11) is -3.87. The molecule has 0 radical (unpaired) electrons. The van der Waals surface area contributed by atoms with Crippen LogP contribution in [-0.2, 0) is 16.4 Å². The number of carbonyl (C=O) groups excluding carboxylic acids is 1. The van der Waals surface area contributed by atoms with E-state index in [-0.39, 0.29) is 36.7 Å². The topological polar surface area (TPSA) is 133 Å². The molecule has 1 aliphatic rings. The maximum absolute atomic E-state index is 13.0. The first-order chi connectivity index (χ1) is 19.3. The Hall–Kier alpha value is -3.55. The summed E-state index contributed by atoms with van der Waals surface area (Å²) in [5, 5.41) is 21.7. The number of aryl methyl sites for hydroxylation is 1. The summed E-state index contributed by atoms with van der Waals surface area (Å²) < 4.78 is 28.3. The predicted molar refractivity (Wildman–Crippen MR) is 156 cm³/mol. The molecule has 2 aromatic carbocycles. The van der Waals surface area contributed by atoms with Crippen molar-refractivity contribution in [2.45, 2.75) is 31.1 Å². The first-order valence-corrected chi connectivity index (χ1v) is 15.6. The van der Waals surface area contributed by atoms with Gasteiger partial charge in [0.25, 0.3) is 5.91 Å². The molecule has 0 spiro atoms. The Labute approximate surface area is 239 Å². The van der Waals surface area contributed by atoms with Crippen LogP contribution in [0, 0.1) is 22.7 Å². The zero-order valence-corrected chi connectivity index (χ0v) is 24.2. The third kappa shape index (κ3) is 7.14. The van der Waals surface area contributed by atoms with E-state index in [2.05, 4.69) is 40.2 Å². The first-order valence-electron chi connectivity index (χ1n) is 13.3. The highest BCUT2D eigenvalue weighted by Crippen LogP contribution is 2.30. The number of nitrogens with one attached hydrogen (secondary N) is 1. The molecule has 0 saturated carbocycles. The van der Waals surface area contributed by atoms with Crippen LogP contribution in [0.25, 0.3) is 10.2 Å². The van der Waals surface area contributed by atoms with Gasteiger partial charge in [0, 0.05) is 70.8 Å². The number of carbonyl (C=O) groups is 1. The summed E-state index contributed by atoms with van der Waals surface area (Å²) in [4.78, 5) is 22.1. The summed E-state index contributed by atoms with van der Waals surface area (Å²) in [6, 6.07) is 16.1. The fourth-order valence-electron chi connectivity index (χ4n) is 4.53. The van der Waals surface area contributed by atoms with Gasteiger partial charge in [-0.3, -0.25) is 9.69 Å². The normalized spacial score (nSPS) is 14.2. The number of hydrogen-bond acceptors (Lipinski definition) is 9. The molecule has 40 heavy (non-hydrogen) atoms. The van der Waals surface area contributed by atoms with Gasteiger partial charge >= 0.3 is 0 Å². The molecule has 3 aromatic rings. The number of sulfonamides is 1. The molecule has 0 atom stereocenters. The van der Waals surface area contributed by atoms with Gasteiger partial charge in [0.1, 0.15) is 0 Å². The second-order valence-corrected chi connectivity index (χ2v) is 12.4. The van der Waals surface area contributed by atoms with Crippen LogP contribution in [0.15, 0.2) is 47.4 Å². The number of hydrogen-bond donors (Lipinski definition) is 1. The van der Waals surface area contributed by atoms with Crippen molar-refractivity contribution in [1.29, 1.82) is 10.5 Å². The van der Waals surface area contributed by atoms with Crippen molar-refractivity contribution >= 4 is 42.6 Å². The third-order valence-electron chi connectivity index (χ3n) is 6.91. The highest BCUT2D eigenvalue weighted by molar-refractivity contribution is 7.89. The summed E-state index contributed by atoms with van der Waals surface area (Å²) in [5.41, 5.74) is 2.73. The van der Waals surface area contributed by atoms with E-state index in [0.717, 1.165) is 54.1 Å². The van der Waals surface area contributed by atoms with E-state index in [0.29, 0.717) is 12.1 Å². The van der Waals surface area contributed by atoms with Crippen molar-refractivity contribution in [3.8, 4) is 12.1 Å². The van der Waals surface area contributed by atoms with Crippen LogP contribution in [0.4, 0.5) is 5.13 Å². The van der Waals surface area contributed by atoms with E-state index in [9.17, 15) is 13.2 Å². The number of fused-ring (bicyclic) bond motifs is 1. The Balaban J connectivity index is 1.25. The second kappa shape index (κ2) is 13.7. The summed E-state index contributed by atoms with van der Waals surface area (Å²) in [5.74, 6) is -0.269. The third-order valence-corrected chi connectivity index (χ3v) is 9.90.